The van der Waals surface area contributed by atoms with E-state index < -0.39 is 0 Å². The van der Waals surface area contributed by atoms with Crippen molar-refractivity contribution in [3.63, 3.8) is 0 Å². The van der Waals surface area contributed by atoms with Gasteiger partial charge in [-0.15, -0.1) is 0 Å². The third-order valence-electron chi connectivity index (χ3n) is 8.96. The first kappa shape index (κ1) is 45.3. The van der Waals surface area contributed by atoms with Crippen molar-refractivity contribution in [3.8, 4) is 11.5 Å². The van der Waals surface area contributed by atoms with E-state index in [0.717, 1.165) is 25.9 Å². The maximum absolute atomic E-state index is 12.5. The molecule has 0 amide bonds. The van der Waals surface area contributed by atoms with Crippen LogP contribution in [0.3, 0.4) is 0 Å². The second-order valence-electron chi connectivity index (χ2n) is 13.6. The maximum Gasteiger partial charge on any atom is 0.307 e. The van der Waals surface area contributed by atoms with Gasteiger partial charge in [-0.3, -0.25) is 19.2 Å². The van der Waals surface area contributed by atoms with Gasteiger partial charge in [0.2, 0.25) is 0 Å². The van der Waals surface area contributed by atoms with E-state index in [1.807, 2.05) is 50.5 Å². The Morgan fingerprint density at radius 2 is 0.759 bits per heavy atom. The van der Waals surface area contributed by atoms with E-state index in [-0.39, 0.29) is 62.8 Å². The van der Waals surface area contributed by atoms with E-state index in [2.05, 4.69) is 9.80 Å². The molecular formula is C46H56N2O10. The number of carbonyl (C=O) groups is 4. The van der Waals surface area contributed by atoms with Gasteiger partial charge < -0.3 is 38.2 Å². The lowest BCUT2D eigenvalue weighted by Gasteiger charge is -2.16. The van der Waals surface area contributed by atoms with Gasteiger partial charge in [0.05, 0.1) is 52.5 Å². The number of hydrogen-bond donors (Lipinski definition) is 0. The second kappa shape index (κ2) is 26.5. The van der Waals surface area contributed by atoms with Gasteiger partial charge >= 0.3 is 11.9 Å². The molecule has 0 aromatic heterocycles. The zero-order valence-corrected chi connectivity index (χ0v) is 33.7. The summed E-state index contributed by atoms with van der Waals surface area (Å²) in [5, 5.41) is 0. The van der Waals surface area contributed by atoms with Crippen molar-refractivity contribution in [1.82, 2.24) is 9.80 Å². The topological polar surface area (TPSA) is 130 Å². The fraction of sp³-hybridized carbons (Fsp3) is 0.391. The lowest BCUT2D eigenvalue weighted by atomic mass is 10.0. The van der Waals surface area contributed by atoms with Crippen LogP contribution in [0.1, 0.15) is 57.5 Å². The molecule has 0 bridgehead atoms. The summed E-state index contributed by atoms with van der Waals surface area (Å²) < 4.78 is 33.0. The number of benzene rings is 4. The van der Waals surface area contributed by atoms with Crippen LogP contribution in [-0.2, 0) is 28.5 Å². The van der Waals surface area contributed by atoms with Crippen LogP contribution in [0.25, 0.3) is 0 Å². The molecule has 0 aliphatic carbocycles. The zero-order valence-electron chi connectivity index (χ0n) is 33.7. The standard InChI is InChI=1S/C46H56N2O10/c1-47(25-9-29-55-41-19-15-39(16-20-41)45(51)37-11-5-3-6-12-37)27-23-43(49)57-35-33-53-31-32-54-34-36-58-44(50)24-28-48(2)26-10-30-56-42-21-17-40(18-22-42)46(52)38-13-7-4-8-14-38/h3-8,11-22H,9-10,23-36H2,1-2H3. The Hall–Kier alpha value is -5.40. The molecule has 310 valence electrons. The number of hydrogen-bond acceptors (Lipinski definition) is 12. The van der Waals surface area contributed by atoms with Crippen LogP contribution in [0.4, 0.5) is 0 Å². The Labute approximate surface area is 341 Å². The van der Waals surface area contributed by atoms with Crippen LogP contribution in [0.15, 0.2) is 109 Å². The summed E-state index contributed by atoms with van der Waals surface area (Å²) in [7, 11) is 3.89. The number of carbonyl (C=O) groups excluding carboxylic acids is 4. The number of rotatable bonds is 29. The Morgan fingerprint density at radius 3 is 1.14 bits per heavy atom. The molecule has 12 heteroatoms. The predicted molar refractivity (Wildman–Crippen MR) is 221 cm³/mol. The van der Waals surface area contributed by atoms with Gasteiger partial charge in [0, 0.05) is 48.4 Å². The Balaban J connectivity index is 0.891. The molecule has 0 fully saturated rings. The molecule has 0 aliphatic rings. The van der Waals surface area contributed by atoms with Crippen molar-refractivity contribution < 1.29 is 47.6 Å². The molecule has 4 aromatic rings. The van der Waals surface area contributed by atoms with E-state index in [1.165, 1.54) is 0 Å². The van der Waals surface area contributed by atoms with Crippen LogP contribution in [-0.4, -0.2) is 126 Å². The fourth-order valence-electron chi connectivity index (χ4n) is 5.65. The number of esters is 2. The third-order valence-corrected chi connectivity index (χ3v) is 8.96. The minimum absolute atomic E-state index is 0.0222. The van der Waals surface area contributed by atoms with Crippen LogP contribution < -0.4 is 9.47 Å². The van der Waals surface area contributed by atoms with Crippen molar-refractivity contribution in [3.05, 3.63) is 131 Å². The van der Waals surface area contributed by atoms with Gasteiger partial charge in [0.1, 0.15) is 24.7 Å². The maximum atomic E-state index is 12.5. The van der Waals surface area contributed by atoms with Crippen molar-refractivity contribution in [1.29, 1.82) is 0 Å². The molecule has 0 unspecified atom stereocenters. The molecule has 0 spiro atoms. The molecule has 0 heterocycles. The first-order valence-electron chi connectivity index (χ1n) is 19.8. The average molecular weight is 797 g/mol. The first-order chi connectivity index (χ1) is 28.3. The quantitative estimate of drug-likeness (QED) is 0.0355. The normalized spacial score (nSPS) is 11.0. The molecule has 0 saturated heterocycles. The molecular weight excluding hydrogens is 741 g/mol. The number of ether oxygens (including phenoxy) is 6. The van der Waals surface area contributed by atoms with Crippen molar-refractivity contribution >= 4 is 23.5 Å². The van der Waals surface area contributed by atoms with E-state index in [0.29, 0.717) is 73.3 Å². The van der Waals surface area contributed by atoms with Gasteiger partial charge in [-0.2, -0.15) is 0 Å². The van der Waals surface area contributed by atoms with Gasteiger partial charge in [-0.1, -0.05) is 60.7 Å². The number of ketones is 2. The summed E-state index contributed by atoms with van der Waals surface area (Å²) in [6, 6.07) is 32.6. The molecule has 4 rings (SSSR count). The van der Waals surface area contributed by atoms with Crippen molar-refractivity contribution in [2.45, 2.75) is 25.7 Å². The first-order valence-corrected chi connectivity index (χ1v) is 19.8. The largest absolute Gasteiger partial charge is 0.494 e. The van der Waals surface area contributed by atoms with Crippen LogP contribution in [0, 0.1) is 0 Å². The highest BCUT2D eigenvalue weighted by Gasteiger charge is 2.11. The van der Waals surface area contributed by atoms with Crippen molar-refractivity contribution in [2.24, 2.45) is 0 Å². The van der Waals surface area contributed by atoms with E-state index >= 15 is 0 Å². The predicted octanol–water partition coefficient (Wildman–Crippen LogP) is 6.15. The Bertz CT molecular complexity index is 1650. The molecule has 12 nitrogen and oxygen atoms in total. The minimum Gasteiger partial charge on any atom is -0.494 e. The van der Waals surface area contributed by atoms with Crippen LogP contribution in [0.2, 0.25) is 0 Å². The van der Waals surface area contributed by atoms with Gasteiger partial charge in [-0.25, -0.2) is 0 Å². The van der Waals surface area contributed by atoms with Crippen LogP contribution >= 0.6 is 0 Å². The van der Waals surface area contributed by atoms with Crippen molar-refractivity contribution in [2.75, 3.05) is 93.1 Å². The fourth-order valence-corrected chi connectivity index (χ4v) is 5.65. The summed E-state index contributed by atoms with van der Waals surface area (Å²) in [6.45, 7) is 5.22. The Kier molecular flexibility index (Phi) is 20.7. The van der Waals surface area contributed by atoms with E-state index in [1.54, 1.807) is 72.8 Å². The van der Waals surface area contributed by atoms with Gasteiger partial charge in [-0.05, 0) is 75.5 Å². The average Bonchev–Trinajstić information content (AvgIpc) is 3.26. The zero-order chi connectivity index (χ0) is 41.2. The molecule has 0 radical (unpaired) electrons. The lowest BCUT2D eigenvalue weighted by Crippen LogP contribution is -2.25. The summed E-state index contributed by atoms with van der Waals surface area (Å²) in [6.07, 6.45) is 2.12. The summed E-state index contributed by atoms with van der Waals surface area (Å²) >= 11 is 0. The molecule has 0 saturated carbocycles. The SMILES string of the molecule is CN(CCCOc1ccc(C(=O)c2ccccc2)cc1)CCC(=O)OCCOCCOCCOC(=O)CCN(C)CCCOc1ccc(C(=O)c2ccccc2)cc1. The molecule has 0 atom stereocenters. The molecule has 58 heavy (non-hydrogen) atoms. The van der Waals surface area contributed by atoms with E-state index in [9.17, 15) is 19.2 Å². The minimum atomic E-state index is -0.285. The molecule has 4 aromatic carbocycles. The number of nitrogens with zero attached hydrogens (tertiary/aromatic N) is 2. The monoisotopic (exact) mass is 796 g/mol. The smallest absolute Gasteiger partial charge is 0.307 e. The molecule has 0 N–H and O–H groups in total. The summed E-state index contributed by atoms with van der Waals surface area (Å²) in [5.41, 5.74) is 2.54. The molecule has 0 aliphatic heterocycles. The van der Waals surface area contributed by atoms with Crippen LogP contribution in [0.5, 0.6) is 11.5 Å². The van der Waals surface area contributed by atoms with E-state index in [4.69, 9.17) is 28.4 Å². The summed E-state index contributed by atoms with van der Waals surface area (Å²) in [4.78, 5) is 53.4. The van der Waals surface area contributed by atoms with Gasteiger partial charge in [0.15, 0.2) is 11.6 Å². The highest BCUT2D eigenvalue weighted by atomic mass is 16.6. The summed E-state index contributed by atoms with van der Waals surface area (Å²) in [5.74, 6) is 0.796. The Morgan fingerprint density at radius 1 is 0.414 bits per heavy atom. The third kappa shape index (κ3) is 17.8. The second-order valence-corrected chi connectivity index (χ2v) is 13.6. The lowest BCUT2D eigenvalue weighted by molar-refractivity contribution is -0.147. The highest BCUT2D eigenvalue weighted by molar-refractivity contribution is 6.09. The highest BCUT2D eigenvalue weighted by Crippen LogP contribution is 2.17. The van der Waals surface area contributed by atoms with Gasteiger partial charge in [0.25, 0.3) is 0 Å².